The van der Waals surface area contributed by atoms with Gasteiger partial charge >= 0.3 is 6.03 Å². The van der Waals surface area contributed by atoms with Gasteiger partial charge in [0, 0.05) is 38.6 Å². The molecular weight excluding hydrogens is 226 g/mol. The van der Waals surface area contributed by atoms with Crippen molar-refractivity contribution in [2.45, 2.75) is 19.8 Å². The van der Waals surface area contributed by atoms with Gasteiger partial charge in [-0.2, -0.15) is 0 Å². The Morgan fingerprint density at radius 2 is 1.94 bits per heavy atom. The molecule has 0 aliphatic carbocycles. The zero-order chi connectivity index (χ0) is 13.1. The number of urea groups is 1. The molecule has 1 fully saturated rings. The van der Waals surface area contributed by atoms with Crippen molar-refractivity contribution in [1.82, 2.24) is 4.90 Å². The summed E-state index contributed by atoms with van der Waals surface area (Å²) in [6, 6.07) is 6.02. The van der Waals surface area contributed by atoms with Crippen LogP contribution in [0.5, 0.6) is 0 Å². The molecule has 0 unspecified atom stereocenters. The maximum atomic E-state index is 12.0. The number of nitrogens with zero attached hydrogens (tertiary/aromatic N) is 2. The normalized spacial score (nSPS) is 14.7. The Hall–Kier alpha value is -1.71. The molecule has 0 aromatic heterocycles. The summed E-state index contributed by atoms with van der Waals surface area (Å²) in [4.78, 5) is 15.9. The van der Waals surface area contributed by atoms with Crippen molar-refractivity contribution in [3.8, 4) is 0 Å². The number of hydrogen-bond acceptors (Lipinski definition) is 2. The number of carbonyl (C=O) groups excluding carboxylic acids is 1. The molecule has 1 aliphatic heterocycles. The van der Waals surface area contributed by atoms with Crippen molar-refractivity contribution in [2.75, 3.05) is 37.4 Å². The van der Waals surface area contributed by atoms with Gasteiger partial charge in [-0.1, -0.05) is 6.07 Å². The van der Waals surface area contributed by atoms with E-state index < -0.39 is 0 Å². The standard InChI is InChI=1S/C14H21N3O/c1-11-6-7-12(10-13(11)16(2)3)15-14(18)17-8-4-5-9-17/h6-7,10H,4-5,8-9H2,1-3H3,(H,15,18). The third kappa shape index (κ3) is 2.75. The quantitative estimate of drug-likeness (QED) is 0.872. The average molecular weight is 247 g/mol. The zero-order valence-electron chi connectivity index (χ0n) is 11.4. The monoisotopic (exact) mass is 247 g/mol. The number of anilines is 2. The summed E-state index contributed by atoms with van der Waals surface area (Å²) in [7, 11) is 4.02. The van der Waals surface area contributed by atoms with Gasteiger partial charge in [-0.05, 0) is 37.5 Å². The fourth-order valence-corrected chi connectivity index (χ4v) is 2.29. The summed E-state index contributed by atoms with van der Waals surface area (Å²) in [6.07, 6.45) is 2.23. The number of benzene rings is 1. The molecule has 1 aliphatic rings. The first-order chi connectivity index (χ1) is 8.58. The van der Waals surface area contributed by atoms with E-state index in [1.54, 1.807) is 0 Å². The van der Waals surface area contributed by atoms with E-state index in [9.17, 15) is 4.79 Å². The predicted molar refractivity (Wildman–Crippen MR) is 75.3 cm³/mol. The summed E-state index contributed by atoms with van der Waals surface area (Å²) >= 11 is 0. The van der Waals surface area contributed by atoms with Crippen LogP contribution in [-0.2, 0) is 0 Å². The first-order valence-corrected chi connectivity index (χ1v) is 6.42. The molecule has 1 N–H and O–H groups in total. The van der Waals surface area contributed by atoms with Crippen LogP contribution in [0.2, 0.25) is 0 Å². The first-order valence-electron chi connectivity index (χ1n) is 6.42. The molecule has 0 saturated carbocycles. The summed E-state index contributed by atoms with van der Waals surface area (Å²) in [5.41, 5.74) is 3.20. The van der Waals surface area contributed by atoms with E-state index >= 15 is 0 Å². The summed E-state index contributed by atoms with van der Waals surface area (Å²) in [6.45, 7) is 3.82. The van der Waals surface area contributed by atoms with E-state index in [4.69, 9.17) is 0 Å². The number of likely N-dealkylation sites (tertiary alicyclic amines) is 1. The molecule has 2 amide bonds. The molecule has 4 heteroatoms. The van der Waals surface area contributed by atoms with Crippen LogP contribution in [-0.4, -0.2) is 38.1 Å². The highest BCUT2D eigenvalue weighted by atomic mass is 16.2. The average Bonchev–Trinajstić information content (AvgIpc) is 2.85. The molecule has 1 saturated heterocycles. The molecule has 18 heavy (non-hydrogen) atoms. The molecule has 1 heterocycles. The number of nitrogens with one attached hydrogen (secondary N) is 1. The highest BCUT2D eigenvalue weighted by Gasteiger charge is 2.17. The van der Waals surface area contributed by atoms with Gasteiger partial charge in [0.1, 0.15) is 0 Å². The first kappa shape index (κ1) is 12.7. The SMILES string of the molecule is Cc1ccc(NC(=O)N2CCCC2)cc1N(C)C. The van der Waals surface area contributed by atoms with Gasteiger partial charge in [0.25, 0.3) is 0 Å². The van der Waals surface area contributed by atoms with Crippen molar-refractivity contribution in [1.29, 1.82) is 0 Å². The van der Waals surface area contributed by atoms with Crippen LogP contribution >= 0.6 is 0 Å². The topological polar surface area (TPSA) is 35.6 Å². The maximum absolute atomic E-state index is 12.0. The molecule has 1 aromatic rings. The van der Waals surface area contributed by atoms with Gasteiger partial charge in [-0.25, -0.2) is 4.79 Å². The maximum Gasteiger partial charge on any atom is 0.321 e. The Morgan fingerprint density at radius 1 is 1.28 bits per heavy atom. The van der Waals surface area contributed by atoms with E-state index in [0.717, 1.165) is 37.3 Å². The Labute approximate surface area is 109 Å². The lowest BCUT2D eigenvalue weighted by molar-refractivity contribution is 0.222. The van der Waals surface area contributed by atoms with Crippen molar-refractivity contribution in [3.63, 3.8) is 0 Å². The number of amides is 2. The summed E-state index contributed by atoms with van der Waals surface area (Å²) < 4.78 is 0. The fraction of sp³-hybridized carbons (Fsp3) is 0.500. The molecule has 0 atom stereocenters. The fourth-order valence-electron chi connectivity index (χ4n) is 2.29. The third-order valence-corrected chi connectivity index (χ3v) is 3.34. The molecule has 0 bridgehead atoms. The highest BCUT2D eigenvalue weighted by molar-refractivity contribution is 5.90. The number of aryl methyl sites for hydroxylation is 1. The zero-order valence-corrected chi connectivity index (χ0v) is 11.4. The van der Waals surface area contributed by atoms with Crippen LogP contribution in [0.3, 0.4) is 0 Å². The van der Waals surface area contributed by atoms with Crippen LogP contribution in [0.1, 0.15) is 18.4 Å². The Balaban J connectivity index is 2.09. The minimum atomic E-state index is 0.0149. The molecule has 0 spiro atoms. The Morgan fingerprint density at radius 3 is 2.56 bits per heavy atom. The second-order valence-electron chi connectivity index (χ2n) is 5.02. The second kappa shape index (κ2) is 5.29. The molecule has 2 rings (SSSR count). The Bertz CT molecular complexity index is 437. The lowest BCUT2D eigenvalue weighted by Crippen LogP contribution is -2.32. The molecule has 4 nitrogen and oxygen atoms in total. The van der Waals surface area contributed by atoms with Crippen molar-refractivity contribution >= 4 is 17.4 Å². The van der Waals surface area contributed by atoms with Gasteiger partial charge < -0.3 is 15.1 Å². The van der Waals surface area contributed by atoms with Crippen LogP contribution in [0, 0.1) is 6.92 Å². The molecular formula is C14H21N3O. The number of rotatable bonds is 2. The largest absolute Gasteiger partial charge is 0.377 e. The predicted octanol–water partition coefficient (Wildman–Crippen LogP) is 2.69. The number of carbonyl (C=O) groups is 1. The van der Waals surface area contributed by atoms with Crippen molar-refractivity contribution in [3.05, 3.63) is 23.8 Å². The van der Waals surface area contributed by atoms with Crippen molar-refractivity contribution in [2.24, 2.45) is 0 Å². The van der Waals surface area contributed by atoms with Gasteiger partial charge in [-0.3, -0.25) is 0 Å². The lowest BCUT2D eigenvalue weighted by Gasteiger charge is -2.19. The van der Waals surface area contributed by atoms with E-state index in [1.165, 1.54) is 5.56 Å². The van der Waals surface area contributed by atoms with Gasteiger partial charge in [0.15, 0.2) is 0 Å². The summed E-state index contributed by atoms with van der Waals surface area (Å²) in [5, 5.41) is 2.97. The lowest BCUT2D eigenvalue weighted by atomic mass is 10.1. The third-order valence-electron chi connectivity index (χ3n) is 3.34. The van der Waals surface area contributed by atoms with E-state index in [1.807, 2.05) is 37.2 Å². The molecule has 1 aromatic carbocycles. The van der Waals surface area contributed by atoms with Gasteiger partial charge in [-0.15, -0.1) is 0 Å². The van der Waals surface area contributed by atoms with E-state index in [2.05, 4.69) is 17.1 Å². The van der Waals surface area contributed by atoms with Crippen LogP contribution in [0.25, 0.3) is 0 Å². The minimum absolute atomic E-state index is 0.0149. The van der Waals surface area contributed by atoms with Crippen molar-refractivity contribution < 1.29 is 4.79 Å². The highest BCUT2D eigenvalue weighted by Crippen LogP contribution is 2.23. The minimum Gasteiger partial charge on any atom is -0.377 e. The smallest absolute Gasteiger partial charge is 0.321 e. The Kier molecular flexibility index (Phi) is 3.75. The molecule has 98 valence electrons. The molecule has 0 radical (unpaired) electrons. The van der Waals surface area contributed by atoms with Crippen LogP contribution in [0.4, 0.5) is 16.2 Å². The van der Waals surface area contributed by atoms with E-state index in [0.29, 0.717) is 0 Å². The van der Waals surface area contributed by atoms with E-state index in [-0.39, 0.29) is 6.03 Å². The second-order valence-corrected chi connectivity index (χ2v) is 5.02. The van der Waals surface area contributed by atoms with Gasteiger partial charge in [0.05, 0.1) is 0 Å². The van der Waals surface area contributed by atoms with Crippen LogP contribution < -0.4 is 10.2 Å². The van der Waals surface area contributed by atoms with Crippen LogP contribution in [0.15, 0.2) is 18.2 Å². The van der Waals surface area contributed by atoms with Gasteiger partial charge in [0.2, 0.25) is 0 Å². The summed E-state index contributed by atoms with van der Waals surface area (Å²) in [5.74, 6) is 0. The number of hydrogen-bond donors (Lipinski definition) is 1.